The van der Waals surface area contributed by atoms with E-state index >= 15 is 0 Å². The van der Waals surface area contributed by atoms with Gasteiger partial charge in [-0.3, -0.25) is 0 Å². The van der Waals surface area contributed by atoms with Crippen molar-refractivity contribution in [1.29, 1.82) is 5.26 Å². The van der Waals surface area contributed by atoms with Crippen molar-refractivity contribution in [3.63, 3.8) is 0 Å². The molecule has 1 saturated heterocycles. The van der Waals surface area contributed by atoms with Gasteiger partial charge >= 0.3 is 0 Å². The first-order chi connectivity index (χ1) is 16.7. The molecule has 2 aliphatic rings. The summed E-state index contributed by atoms with van der Waals surface area (Å²) in [6.07, 6.45) is 2.72. The number of hydrogen-bond acceptors (Lipinski definition) is 7. The Morgan fingerprint density at radius 3 is 2.44 bits per heavy atom. The highest BCUT2D eigenvalue weighted by Crippen LogP contribution is 2.55. The topological polar surface area (TPSA) is 92.0 Å². The van der Waals surface area contributed by atoms with E-state index in [1.54, 1.807) is 0 Å². The molecular weight excluding hydrogens is 426 g/mol. The highest BCUT2D eigenvalue weighted by molar-refractivity contribution is 5.54. The Kier molecular flexibility index (Phi) is 5.14. The molecule has 0 radical (unpaired) electrons. The molecule has 2 atom stereocenters. The fraction of sp³-hybridized carbons (Fsp3) is 0.333. The smallest absolute Gasteiger partial charge is 0.234 e. The lowest BCUT2D eigenvalue weighted by Crippen LogP contribution is -2.33. The normalized spacial score (nSPS) is 20.3. The summed E-state index contributed by atoms with van der Waals surface area (Å²) in [6.45, 7) is 3.56. The molecule has 4 aromatic rings. The highest BCUT2D eigenvalue weighted by Gasteiger charge is 2.44. The molecule has 2 aromatic heterocycles. The Morgan fingerprint density at radius 2 is 1.71 bits per heavy atom. The summed E-state index contributed by atoms with van der Waals surface area (Å²) in [7, 11) is 0. The van der Waals surface area contributed by atoms with E-state index in [2.05, 4.69) is 57.3 Å². The first-order valence-corrected chi connectivity index (χ1v) is 11.8. The lowest BCUT2D eigenvalue weighted by atomic mass is 9.97. The van der Waals surface area contributed by atoms with Crippen molar-refractivity contribution in [2.45, 2.75) is 43.9 Å². The number of aryl methyl sites for hydroxylation is 1. The van der Waals surface area contributed by atoms with E-state index in [0.717, 1.165) is 37.9 Å². The molecule has 7 heteroatoms. The van der Waals surface area contributed by atoms with Crippen LogP contribution in [0.5, 0.6) is 0 Å². The number of aromatic nitrogens is 3. The van der Waals surface area contributed by atoms with E-state index in [0.29, 0.717) is 35.1 Å². The molecule has 2 fully saturated rings. The zero-order chi connectivity index (χ0) is 23.1. The minimum Gasteiger partial charge on any atom is -0.423 e. The molecule has 170 valence electrons. The number of rotatable bonds is 5. The summed E-state index contributed by atoms with van der Waals surface area (Å²) in [5, 5.41) is 13.9. The molecular formula is C27H25N5O2. The van der Waals surface area contributed by atoms with Gasteiger partial charge in [0.15, 0.2) is 0 Å². The fourth-order valence-corrected chi connectivity index (χ4v) is 4.86. The maximum atomic E-state index is 9.67. The summed E-state index contributed by atoms with van der Waals surface area (Å²) >= 11 is 0. The Hall–Kier alpha value is -3.92. The predicted molar refractivity (Wildman–Crippen MR) is 126 cm³/mol. The number of nitriles is 1. The van der Waals surface area contributed by atoms with Crippen LogP contribution in [-0.2, 0) is 0 Å². The first kappa shape index (κ1) is 20.7. The van der Waals surface area contributed by atoms with Crippen molar-refractivity contribution in [3.05, 3.63) is 83.2 Å². The molecule has 0 unspecified atom stereocenters. The zero-order valence-electron chi connectivity index (χ0n) is 19.0. The summed E-state index contributed by atoms with van der Waals surface area (Å²) in [6, 6.07) is 20.8. The molecule has 34 heavy (non-hydrogen) atoms. The van der Waals surface area contributed by atoms with Crippen LogP contribution in [0.3, 0.4) is 0 Å². The van der Waals surface area contributed by atoms with Crippen LogP contribution in [0, 0.1) is 18.3 Å². The van der Waals surface area contributed by atoms with Gasteiger partial charge in [-0.2, -0.15) is 10.2 Å². The fourth-order valence-electron chi connectivity index (χ4n) is 4.86. The quantitative estimate of drug-likeness (QED) is 0.392. The third kappa shape index (κ3) is 3.86. The second-order valence-electron chi connectivity index (χ2n) is 9.26. The second-order valence-corrected chi connectivity index (χ2v) is 9.26. The molecule has 0 N–H and O–H groups in total. The molecule has 1 saturated carbocycles. The lowest BCUT2D eigenvalue weighted by Gasteiger charge is -2.29. The average molecular weight is 452 g/mol. The van der Waals surface area contributed by atoms with E-state index in [1.165, 1.54) is 11.1 Å². The number of oxazole rings is 1. The Balaban J connectivity index is 1.13. The average Bonchev–Trinajstić information content (AvgIpc) is 3.32. The Labute approximate surface area is 198 Å². The zero-order valence-corrected chi connectivity index (χ0v) is 19.0. The van der Waals surface area contributed by atoms with Gasteiger partial charge in [0.05, 0.1) is 0 Å². The molecule has 6 rings (SSSR count). The van der Waals surface area contributed by atoms with Crippen LogP contribution in [0.25, 0.3) is 11.4 Å². The van der Waals surface area contributed by atoms with Gasteiger partial charge < -0.3 is 13.8 Å². The molecule has 3 heterocycles. The maximum absolute atomic E-state index is 9.67. The van der Waals surface area contributed by atoms with Crippen molar-refractivity contribution in [2.75, 3.05) is 18.0 Å². The third-order valence-corrected chi connectivity index (χ3v) is 6.95. The lowest BCUT2D eigenvalue weighted by molar-refractivity contribution is 0.326. The van der Waals surface area contributed by atoms with Crippen molar-refractivity contribution in [3.8, 4) is 17.5 Å². The van der Waals surface area contributed by atoms with Crippen LogP contribution in [-0.4, -0.2) is 28.2 Å². The molecule has 2 aromatic carbocycles. The molecule has 1 aliphatic heterocycles. The minimum absolute atomic E-state index is 0.196. The SMILES string of the molecule is Cc1ccc(-c2noc(C3CCN(c4oc([C@H]5C[C@H]5c5ccccc5)nc4C#N)CC3)n2)cc1. The van der Waals surface area contributed by atoms with Crippen LogP contribution < -0.4 is 4.90 Å². The molecule has 0 bridgehead atoms. The van der Waals surface area contributed by atoms with Crippen molar-refractivity contribution < 1.29 is 8.94 Å². The van der Waals surface area contributed by atoms with E-state index in [9.17, 15) is 5.26 Å². The minimum atomic E-state index is 0.196. The van der Waals surface area contributed by atoms with Gasteiger partial charge in [-0.05, 0) is 37.7 Å². The molecule has 7 nitrogen and oxygen atoms in total. The largest absolute Gasteiger partial charge is 0.423 e. The van der Waals surface area contributed by atoms with Crippen molar-refractivity contribution in [2.24, 2.45) is 0 Å². The number of nitrogens with zero attached hydrogens (tertiary/aromatic N) is 5. The molecule has 0 amide bonds. The maximum Gasteiger partial charge on any atom is 0.234 e. The standard InChI is InChI=1S/C27H25N5O2/c1-17-7-9-19(10-8-17)24-30-25(34-31-24)20-11-13-32(14-12-20)27-23(16-28)29-26(33-27)22-15-21(22)18-5-3-2-4-6-18/h2-10,20-22H,11-15H2,1H3/t21-,22-/m0/s1. The summed E-state index contributed by atoms with van der Waals surface area (Å²) in [4.78, 5) is 11.3. The second kappa shape index (κ2) is 8.45. The Bertz CT molecular complexity index is 1330. The van der Waals surface area contributed by atoms with Gasteiger partial charge in [-0.25, -0.2) is 4.98 Å². The summed E-state index contributed by atoms with van der Waals surface area (Å²) < 4.78 is 11.8. The van der Waals surface area contributed by atoms with E-state index in [4.69, 9.17) is 8.94 Å². The van der Waals surface area contributed by atoms with Crippen LogP contribution >= 0.6 is 0 Å². The summed E-state index contributed by atoms with van der Waals surface area (Å²) in [5.74, 6) is 3.45. The number of hydrogen-bond donors (Lipinski definition) is 0. The third-order valence-electron chi connectivity index (χ3n) is 6.95. The number of anilines is 1. The highest BCUT2D eigenvalue weighted by atomic mass is 16.5. The van der Waals surface area contributed by atoms with Gasteiger partial charge in [0.25, 0.3) is 0 Å². The number of piperidine rings is 1. The first-order valence-electron chi connectivity index (χ1n) is 11.8. The van der Waals surface area contributed by atoms with Crippen LogP contribution in [0.15, 0.2) is 63.5 Å². The predicted octanol–water partition coefficient (Wildman–Crippen LogP) is 5.56. The van der Waals surface area contributed by atoms with Gasteiger partial charge in [0.2, 0.25) is 29.2 Å². The summed E-state index contributed by atoms with van der Waals surface area (Å²) in [5.41, 5.74) is 3.84. The van der Waals surface area contributed by atoms with Crippen molar-refractivity contribution >= 4 is 5.88 Å². The molecule has 1 aliphatic carbocycles. The van der Waals surface area contributed by atoms with Gasteiger partial charge in [0, 0.05) is 30.5 Å². The van der Waals surface area contributed by atoms with Crippen LogP contribution in [0.4, 0.5) is 5.88 Å². The van der Waals surface area contributed by atoms with Crippen LogP contribution in [0.2, 0.25) is 0 Å². The Morgan fingerprint density at radius 1 is 0.941 bits per heavy atom. The van der Waals surface area contributed by atoms with E-state index in [1.807, 2.05) is 30.3 Å². The molecule has 0 spiro atoms. The van der Waals surface area contributed by atoms with Crippen LogP contribution in [0.1, 0.15) is 65.6 Å². The monoisotopic (exact) mass is 451 g/mol. The van der Waals surface area contributed by atoms with Gasteiger partial charge in [-0.15, -0.1) is 0 Å². The van der Waals surface area contributed by atoms with E-state index in [-0.39, 0.29) is 11.8 Å². The van der Waals surface area contributed by atoms with Crippen molar-refractivity contribution in [1.82, 2.24) is 15.1 Å². The van der Waals surface area contributed by atoms with E-state index < -0.39 is 0 Å². The number of benzene rings is 2. The van der Waals surface area contributed by atoms with Gasteiger partial charge in [-0.1, -0.05) is 65.3 Å². The van der Waals surface area contributed by atoms with Gasteiger partial charge in [0.1, 0.15) is 6.07 Å².